The van der Waals surface area contributed by atoms with Gasteiger partial charge in [0, 0.05) is 23.1 Å². The number of nitrogens with one attached hydrogen (secondary N) is 1. The van der Waals surface area contributed by atoms with E-state index in [0.717, 1.165) is 42.5 Å². The average Bonchev–Trinajstić information content (AvgIpc) is 3.08. The van der Waals surface area contributed by atoms with Gasteiger partial charge in [0.1, 0.15) is 0 Å². The van der Waals surface area contributed by atoms with Crippen LogP contribution in [0.25, 0.3) is 0 Å². The van der Waals surface area contributed by atoms with Gasteiger partial charge < -0.3 is 10.2 Å². The Labute approximate surface area is 152 Å². The van der Waals surface area contributed by atoms with Crippen LogP contribution in [0.1, 0.15) is 28.8 Å². The van der Waals surface area contributed by atoms with Crippen LogP contribution in [0.5, 0.6) is 0 Å². The maximum Gasteiger partial charge on any atom is 0.416 e. The topological polar surface area (TPSA) is 32.3 Å². The smallest absolute Gasteiger partial charge is 0.370 e. The molecule has 3 nitrogen and oxygen atoms in total. The monoisotopic (exact) mass is 412 g/mol. The van der Waals surface area contributed by atoms with E-state index in [2.05, 4.69) is 21.2 Å². The highest BCUT2D eigenvalue weighted by atomic mass is 79.9. The molecule has 0 saturated carbocycles. The number of amides is 1. The molecule has 0 aliphatic carbocycles. The molecule has 0 radical (unpaired) electrons. The number of rotatable bonds is 3. The van der Waals surface area contributed by atoms with Gasteiger partial charge in [-0.3, -0.25) is 4.79 Å². The first-order valence-electron chi connectivity index (χ1n) is 7.88. The molecule has 1 saturated heterocycles. The van der Waals surface area contributed by atoms with Gasteiger partial charge in [0.05, 0.1) is 16.9 Å². The molecule has 2 aromatic carbocycles. The number of hydrogen-bond donors (Lipinski definition) is 1. The lowest BCUT2D eigenvalue weighted by atomic mass is 10.1. The molecule has 0 atom stereocenters. The molecule has 25 heavy (non-hydrogen) atoms. The van der Waals surface area contributed by atoms with Gasteiger partial charge in [-0.15, -0.1) is 0 Å². The van der Waals surface area contributed by atoms with Crippen molar-refractivity contribution >= 4 is 33.2 Å². The maximum absolute atomic E-state index is 13.1. The Hall–Kier alpha value is -2.02. The third kappa shape index (κ3) is 4.15. The largest absolute Gasteiger partial charge is 0.416 e. The van der Waals surface area contributed by atoms with Gasteiger partial charge in [-0.05, 0) is 55.3 Å². The van der Waals surface area contributed by atoms with Gasteiger partial charge in [-0.2, -0.15) is 13.2 Å². The Morgan fingerprint density at radius 2 is 1.68 bits per heavy atom. The summed E-state index contributed by atoms with van der Waals surface area (Å²) in [6, 6.07) is 10.1. The van der Waals surface area contributed by atoms with E-state index in [1.165, 1.54) is 6.07 Å². The van der Waals surface area contributed by atoms with E-state index in [1.54, 1.807) is 24.3 Å². The number of carbonyl (C=O) groups excluding carboxylic acids is 1. The van der Waals surface area contributed by atoms with E-state index in [1.807, 2.05) is 4.90 Å². The molecule has 2 aromatic rings. The molecule has 1 aliphatic heterocycles. The van der Waals surface area contributed by atoms with Gasteiger partial charge in [0.2, 0.25) is 0 Å². The third-order valence-corrected chi connectivity index (χ3v) is 4.65. The minimum atomic E-state index is -4.46. The Morgan fingerprint density at radius 1 is 1.04 bits per heavy atom. The number of hydrogen-bond acceptors (Lipinski definition) is 2. The summed E-state index contributed by atoms with van der Waals surface area (Å²) >= 11 is 3.29. The molecule has 7 heteroatoms. The van der Waals surface area contributed by atoms with Crippen LogP contribution < -0.4 is 10.2 Å². The first-order chi connectivity index (χ1) is 11.8. The normalized spacial score (nSPS) is 14.6. The molecule has 1 N–H and O–H groups in total. The predicted molar refractivity (Wildman–Crippen MR) is 95.0 cm³/mol. The Balaban J connectivity index is 1.93. The zero-order valence-electron chi connectivity index (χ0n) is 13.2. The highest BCUT2D eigenvalue weighted by molar-refractivity contribution is 9.10. The van der Waals surface area contributed by atoms with Crippen LogP contribution in [-0.4, -0.2) is 19.0 Å². The quantitative estimate of drug-likeness (QED) is 0.739. The Kier molecular flexibility index (Phi) is 5.03. The van der Waals surface area contributed by atoms with E-state index in [4.69, 9.17) is 0 Å². The molecule has 0 spiro atoms. The minimum absolute atomic E-state index is 0.185. The number of anilines is 2. The molecule has 3 rings (SSSR count). The van der Waals surface area contributed by atoms with Crippen LogP contribution in [0.4, 0.5) is 24.5 Å². The lowest BCUT2D eigenvalue weighted by Crippen LogP contribution is -2.22. The Bertz CT molecular complexity index is 769. The number of carbonyl (C=O) groups is 1. The van der Waals surface area contributed by atoms with Crippen LogP contribution in [0.15, 0.2) is 46.9 Å². The van der Waals surface area contributed by atoms with E-state index >= 15 is 0 Å². The molecule has 0 bridgehead atoms. The lowest BCUT2D eigenvalue weighted by Gasteiger charge is -2.23. The number of benzene rings is 2. The van der Waals surface area contributed by atoms with Crippen molar-refractivity contribution < 1.29 is 18.0 Å². The van der Waals surface area contributed by atoms with Crippen LogP contribution in [0.2, 0.25) is 0 Å². The van der Waals surface area contributed by atoms with Crippen LogP contribution in [0, 0.1) is 0 Å². The second-order valence-electron chi connectivity index (χ2n) is 5.88. The van der Waals surface area contributed by atoms with Gasteiger partial charge in [-0.25, -0.2) is 0 Å². The van der Waals surface area contributed by atoms with Gasteiger partial charge in [0.15, 0.2) is 0 Å². The minimum Gasteiger partial charge on any atom is -0.370 e. The number of nitrogens with zero attached hydrogens (tertiary/aromatic N) is 1. The third-order valence-electron chi connectivity index (χ3n) is 4.13. The number of halogens is 4. The first kappa shape index (κ1) is 17.8. The van der Waals surface area contributed by atoms with Crippen molar-refractivity contribution in [1.82, 2.24) is 0 Å². The van der Waals surface area contributed by atoms with Crippen molar-refractivity contribution in [2.75, 3.05) is 23.3 Å². The van der Waals surface area contributed by atoms with Crippen molar-refractivity contribution in [3.63, 3.8) is 0 Å². The fourth-order valence-electron chi connectivity index (χ4n) is 2.84. The van der Waals surface area contributed by atoms with E-state index in [-0.39, 0.29) is 5.69 Å². The van der Waals surface area contributed by atoms with Crippen molar-refractivity contribution in [3.05, 3.63) is 58.1 Å². The summed E-state index contributed by atoms with van der Waals surface area (Å²) in [4.78, 5) is 14.4. The average molecular weight is 413 g/mol. The molecule has 1 amide bonds. The second-order valence-corrected chi connectivity index (χ2v) is 6.80. The van der Waals surface area contributed by atoms with Crippen LogP contribution in [0.3, 0.4) is 0 Å². The fourth-order valence-corrected chi connectivity index (χ4v) is 3.11. The van der Waals surface area contributed by atoms with E-state index in [0.29, 0.717) is 11.3 Å². The highest BCUT2D eigenvalue weighted by Crippen LogP contribution is 2.36. The van der Waals surface area contributed by atoms with Crippen molar-refractivity contribution in [2.45, 2.75) is 19.0 Å². The SMILES string of the molecule is O=C(Nc1cc(C(F)(F)F)ccc1N1CCCC1)c1ccc(Br)cc1. The number of alkyl halides is 3. The van der Waals surface area contributed by atoms with E-state index in [9.17, 15) is 18.0 Å². The lowest BCUT2D eigenvalue weighted by molar-refractivity contribution is -0.137. The summed E-state index contributed by atoms with van der Waals surface area (Å²) < 4.78 is 40.0. The van der Waals surface area contributed by atoms with Gasteiger partial charge >= 0.3 is 6.18 Å². The standard InChI is InChI=1S/C18H16BrF3N2O/c19-14-6-3-12(4-7-14)17(25)23-15-11-13(18(20,21)22)5-8-16(15)24-9-1-2-10-24/h3-8,11H,1-2,9-10H2,(H,23,25). The van der Waals surface area contributed by atoms with Crippen molar-refractivity contribution in [3.8, 4) is 0 Å². The highest BCUT2D eigenvalue weighted by Gasteiger charge is 2.32. The molecular weight excluding hydrogens is 397 g/mol. The summed E-state index contributed by atoms with van der Waals surface area (Å²) in [6.45, 7) is 1.54. The van der Waals surface area contributed by atoms with Crippen molar-refractivity contribution in [2.24, 2.45) is 0 Å². The molecule has 1 fully saturated rings. The summed E-state index contributed by atoms with van der Waals surface area (Å²) in [5.74, 6) is -0.438. The maximum atomic E-state index is 13.1. The van der Waals surface area contributed by atoms with E-state index < -0.39 is 17.6 Å². The zero-order chi connectivity index (χ0) is 18.0. The first-order valence-corrected chi connectivity index (χ1v) is 8.67. The summed E-state index contributed by atoms with van der Waals surface area (Å²) in [7, 11) is 0. The summed E-state index contributed by atoms with van der Waals surface area (Å²) in [5.41, 5.74) is 0.412. The molecule has 0 aromatic heterocycles. The molecule has 0 unspecified atom stereocenters. The Morgan fingerprint density at radius 3 is 2.28 bits per heavy atom. The van der Waals surface area contributed by atoms with Crippen LogP contribution in [-0.2, 0) is 6.18 Å². The molecule has 1 heterocycles. The molecule has 132 valence electrons. The zero-order valence-corrected chi connectivity index (χ0v) is 14.8. The summed E-state index contributed by atoms with van der Waals surface area (Å²) in [6.07, 6.45) is -2.48. The molecule has 1 aliphatic rings. The second kappa shape index (κ2) is 7.07. The predicted octanol–water partition coefficient (Wildman–Crippen LogP) is 5.32. The summed E-state index contributed by atoms with van der Waals surface area (Å²) in [5, 5.41) is 2.64. The van der Waals surface area contributed by atoms with Gasteiger partial charge in [-0.1, -0.05) is 15.9 Å². The fraction of sp³-hybridized carbons (Fsp3) is 0.278. The van der Waals surface area contributed by atoms with Crippen LogP contribution >= 0.6 is 15.9 Å². The van der Waals surface area contributed by atoms with Gasteiger partial charge in [0.25, 0.3) is 5.91 Å². The molecular formula is C18H16BrF3N2O. The van der Waals surface area contributed by atoms with Crippen molar-refractivity contribution in [1.29, 1.82) is 0 Å².